The van der Waals surface area contributed by atoms with Gasteiger partial charge in [0, 0.05) is 35.3 Å². The van der Waals surface area contributed by atoms with Crippen molar-refractivity contribution in [2.75, 3.05) is 18.9 Å². The van der Waals surface area contributed by atoms with Crippen LogP contribution in [0.1, 0.15) is 69.0 Å². The van der Waals surface area contributed by atoms with Crippen molar-refractivity contribution >= 4 is 34.4 Å². The van der Waals surface area contributed by atoms with E-state index in [2.05, 4.69) is 21.8 Å². The number of hydrogen-bond acceptors (Lipinski definition) is 8. The number of carbonyl (C=O) groups is 1. The molecule has 1 fully saturated rings. The van der Waals surface area contributed by atoms with E-state index >= 15 is 0 Å². The highest BCUT2D eigenvalue weighted by Crippen LogP contribution is 2.42. The minimum atomic E-state index is -0.464. The lowest BCUT2D eigenvalue weighted by molar-refractivity contribution is -0.165. The van der Waals surface area contributed by atoms with Crippen LogP contribution in [0.2, 0.25) is 5.02 Å². The summed E-state index contributed by atoms with van der Waals surface area (Å²) in [5, 5.41) is 6.20. The molecule has 3 heterocycles. The van der Waals surface area contributed by atoms with E-state index in [9.17, 15) is 4.79 Å². The van der Waals surface area contributed by atoms with Gasteiger partial charge < -0.3 is 15.2 Å². The predicted molar refractivity (Wildman–Crippen MR) is 143 cm³/mol. The quantitative estimate of drug-likeness (QED) is 0.491. The van der Waals surface area contributed by atoms with Crippen LogP contribution in [0.4, 0.5) is 5.82 Å². The number of benzene rings is 1. The van der Waals surface area contributed by atoms with Crippen LogP contribution in [0.3, 0.4) is 0 Å². The molecule has 1 saturated carbocycles. The van der Waals surface area contributed by atoms with E-state index in [-0.39, 0.29) is 17.9 Å². The summed E-state index contributed by atoms with van der Waals surface area (Å²) in [7, 11) is 0. The van der Waals surface area contributed by atoms with Crippen LogP contribution in [0, 0.1) is 19.8 Å². The van der Waals surface area contributed by atoms with Crippen LogP contribution in [-0.4, -0.2) is 55.4 Å². The number of fused-ring (bicyclic) bond motifs is 2. The number of aryl methyl sites for hydroxylation is 1. The standard InChI is InChI=1S/C27H35ClN6O3/c1-14-20-12-33(18-9-17(10-18)26(35)37-27(4,5)6)7-8-36-23(20)19(11-21(14)28)16(3)34-25-22(15(2)32-34)24(29)30-13-31-25/h11,13,16-18H,7-10,12H2,1-6H3,(H2,29,30,31). The average Bonchev–Trinajstić information content (AvgIpc) is 2.97. The first-order valence-corrected chi connectivity index (χ1v) is 13.2. The molecule has 198 valence electrons. The molecule has 0 bridgehead atoms. The lowest BCUT2D eigenvalue weighted by atomic mass is 9.79. The number of nitrogens with zero attached hydrogens (tertiary/aromatic N) is 5. The van der Waals surface area contributed by atoms with Crippen LogP contribution in [0.15, 0.2) is 12.4 Å². The predicted octanol–water partition coefficient (Wildman–Crippen LogP) is 4.60. The van der Waals surface area contributed by atoms with E-state index in [0.29, 0.717) is 35.7 Å². The molecule has 1 aliphatic carbocycles. The number of carbonyl (C=O) groups excluding carboxylic acids is 1. The Morgan fingerprint density at radius 2 is 2.00 bits per heavy atom. The van der Waals surface area contributed by atoms with Gasteiger partial charge in [0.2, 0.25) is 0 Å². The summed E-state index contributed by atoms with van der Waals surface area (Å²) in [4.78, 5) is 23.5. The molecule has 1 aromatic carbocycles. The minimum Gasteiger partial charge on any atom is -0.492 e. The Kier molecular flexibility index (Phi) is 6.56. The van der Waals surface area contributed by atoms with Gasteiger partial charge in [0.25, 0.3) is 0 Å². The van der Waals surface area contributed by atoms with E-state index in [4.69, 9.17) is 31.9 Å². The molecule has 37 heavy (non-hydrogen) atoms. The van der Waals surface area contributed by atoms with E-state index in [0.717, 1.165) is 52.9 Å². The molecular weight excluding hydrogens is 492 g/mol. The zero-order valence-electron chi connectivity index (χ0n) is 22.3. The fraction of sp³-hybridized carbons (Fsp3) is 0.556. The zero-order chi connectivity index (χ0) is 26.6. The molecule has 0 spiro atoms. The summed E-state index contributed by atoms with van der Waals surface area (Å²) in [5.74, 6) is 1.12. The van der Waals surface area contributed by atoms with Crippen molar-refractivity contribution in [1.82, 2.24) is 24.6 Å². The highest BCUT2D eigenvalue weighted by Gasteiger charge is 2.41. The van der Waals surface area contributed by atoms with Gasteiger partial charge in [-0.15, -0.1) is 0 Å². The van der Waals surface area contributed by atoms with E-state index in [1.54, 1.807) is 0 Å². The average molecular weight is 527 g/mol. The first-order chi connectivity index (χ1) is 17.4. The molecule has 2 aliphatic rings. The second-order valence-electron chi connectivity index (χ2n) is 11.2. The molecular formula is C27H35ClN6O3. The summed E-state index contributed by atoms with van der Waals surface area (Å²) in [6.07, 6.45) is 3.06. The number of hydrogen-bond donors (Lipinski definition) is 1. The normalized spacial score (nSPS) is 21.1. The zero-order valence-corrected chi connectivity index (χ0v) is 23.1. The summed E-state index contributed by atoms with van der Waals surface area (Å²) < 4.78 is 13.9. The Bertz CT molecular complexity index is 1360. The van der Waals surface area contributed by atoms with Crippen LogP contribution in [0.25, 0.3) is 11.0 Å². The number of halogens is 1. The highest BCUT2D eigenvalue weighted by atomic mass is 35.5. The molecule has 1 aliphatic heterocycles. The SMILES string of the molecule is Cc1c(Cl)cc(C(C)n2nc(C)c3c(N)ncnc32)c2c1CN(C1CC(C(=O)OC(C)(C)C)C1)CCO2. The molecule has 2 aromatic heterocycles. The number of nitrogen functional groups attached to an aromatic ring is 1. The molecule has 2 N–H and O–H groups in total. The molecule has 0 amide bonds. The number of aromatic nitrogens is 4. The Morgan fingerprint density at radius 1 is 1.27 bits per heavy atom. The molecule has 3 aromatic rings. The van der Waals surface area contributed by atoms with Gasteiger partial charge >= 0.3 is 5.97 Å². The van der Waals surface area contributed by atoms with Gasteiger partial charge in [-0.25, -0.2) is 14.6 Å². The van der Waals surface area contributed by atoms with Gasteiger partial charge in [-0.2, -0.15) is 5.10 Å². The third-order valence-electron chi connectivity index (χ3n) is 7.50. The molecule has 1 atom stereocenters. The summed E-state index contributed by atoms with van der Waals surface area (Å²) >= 11 is 6.78. The van der Waals surface area contributed by atoms with Crippen LogP contribution in [-0.2, 0) is 16.1 Å². The van der Waals surface area contributed by atoms with Gasteiger partial charge in [-0.1, -0.05) is 11.6 Å². The lowest BCUT2D eigenvalue weighted by Crippen LogP contribution is -2.48. The number of rotatable bonds is 4. The molecule has 0 saturated heterocycles. The van der Waals surface area contributed by atoms with Gasteiger partial charge in [0.15, 0.2) is 5.65 Å². The number of esters is 1. The van der Waals surface area contributed by atoms with E-state index in [1.165, 1.54) is 6.33 Å². The lowest BCUT2D eigenvalue weighted by Gasteiger charge is -2.42. The maximum absolute atomic E-state index is 12.5. The van der Waals surface area contributed by atoms with E-state index < -0.39 is 5.60 Å². The minimum absolute atomic E-state index is 0.0466. The summed E-state index contributed by atoms with van der Waals surface area (Å²) in [6.45, 7) is 13.8. The highest BCUT2D eigenvalue weighted by molar-refractivity contribution is 6.31. The molecule has 1 unspecified atom stereocenters. The van der Waals surface area contributed by atoms with Crippen molar-refractivity contribution in [3.63, 3.8) is 0 Å². The van der Waals surface area contributed by atoms with Gasteiger partial charge in [0.05, 0.1) is 23.0 Å². The number of ether oxygens (including phenoxy) is 2. The maximum Gasteiger partial charge on any atom is 0.309 e. The van der Waals surface area contributed by atoms with Crippen LogP contribution in [0.5, 0.6) is 5.75 Å². The Hall–Kier alpha value is -2.91. The van der Waals surface area contributed by atoms with Gasteiger partial charge in [-0.05, 0) is 66.0 Å². The fourth-order valence-electron chi connectivity index (χ4n) is 5.36. The first kappa shape index (κ1) is 25.7. The Balaban J connectivity index is 1.43. The maximum atomic E-state index is 12.5. The van der Waals surface area contributed by atoms with Gasteiger partial charge in [-0.3, -0.25) is 9.69 Å². The summed E-state index contributed by atoms with van der Waals surface area (Å²) in [5.41, 5.74) is 10.2. The van der Waals surface area contributed by atoms with Crippen molar-refractivity contribution in [3.05, 3.63) is 39.8 Å². The summed E-state index contributed by atoms with van der Waals surface area (Å²) in [6, 6.07) is 2.10. The van der Waals surface area contributed by atoms with Gasteiger partial charge in [0.1, 0.15) is 30.1 Å². The largest absolute Gasteiger partial charge is 0.492 e. The van der Waals surface area contributed by atoms with E-state index in [1.807, 2.05) is 45.4 Å². The van der Waals surface area contributed by atoms with Crippen molar-refractivity contribution in [3.8, 4) is 5.75 Å². The Morgan fingerprint density at radius 3 is 2.70 bits per heavy atom. The number of nitrogens with two attached hydrogens (primary N) is 1. The van der Waals surface area contributed by atoms with Crippen molar-refractivity contribution in [1.29, 1.82) is 0 Å². The third kappa shape index (κ3) is 4.75. The first-order valence-electron chi connectivity index (χ1n) is 12.8. The second-order valence-corrected chi connectivity index (χ2v) is 11.6. The second kappa shape index (κ2) is 9.44. The fourth-order valence-corrected chi connectivity index (χ4v) is 5.60. The topological polar surface area (TPSA) is 108 Å². The monoisotopic (exact) mass is 526 g/mol. The van der Waals surface area contributed by atoms with Crippen LogP contribution < -0.4 is 10.5 Å². The molecule has 9 nitrogen and oxygen atoms in total. The molecule has 5 rings (SSSR count). The van der Waals surface area contributed by atoms with Crippen LogP contribution >= 0.6 is 11.6 Å². The van der Waals surface area contributed by atoms with Crippen molar-refractivity contribution in [2.24, 2.45) is 5.92 Å². The third-order valence-corrected chi connectivity index (χ3v) is 7.89. The van der Waals surface area contributed by atoms with Crippen molar-refractivity contribution < 1.29 is 14.3 Å². The smallest absolute Gasteiger partial charge is 0.309 e. The Labute approximate surface area is 222 Å². The van der Waals surface area contributed by atoms with Crippen molar-refractivity contribution in [2.45, 2.75) is 78.6 Å². The molecule has 10 heteroatoms. The number of anilines is 1. The molecule has 0 radical (unpaired) electrons.